The van der Waals surface area contributed by atoms with Gasteiger partial charge in [-0.25, -0.2) is 0 Å². The van der Waals surface area contributed by atoms with E-state index in [4.69, 9.17) is 11.6 Å². The molecule has 27 heavy (non-hydrogen) atoms. The van der Waals surface area contributed by atoms with Crippen LogP contribution in [0, 0.1) is 0 Å². The van der Waals surface area contributed by atoms with Gasteiger partial charge >= 0.3 is 0 Å². The van der Waals surface area contributed by atoms with E-state index < -0.39 is 0 Å². The van der Waals surface area contributed by atoms with Crippen molar-refractivity contribution in [2.45, 2.75) is 51.6 Å². The van der Waals surface area contributed by atoms with E-state index in [1.165, 1.54) is 0 Å². The number of amides is 2. The van der Waals surface area contributed by atoms with E-state index >= 15 is 0 Å². The van der Waals surface area contributed by atoms with E-state index in [1.807, 2.05) is 31.0 Å². The number of hydrogen-bond donors (Lipinski definition) is 1. The summed E-state index contributed by atoms with van der Waals surface area (Å²) in [5.41, 5.74) is 4.60. The molecule has 1 N–H and O–H groups in total. The van der Waals surface area contributed by atoms with Crippen LogP contribution in [-0.4, -0.2) is 16.8 Å². The zero-order valence-corrected chi connectivity index (χ0v) is 16.2. The summed E-state index contributed by atoms with van der Waals surface area (Å²) in [4.78, 5) is 31.2. The molecule has 0 bridgehead atoms. The minimum absolute atomic E-state index is 0.0240. The van der Waals surface area contributed by atoms with Crippen LogP contribution >= 0.6 is 11.6 Å². The van der Waals surface area contributed by atoms with E-state index in [0.717, 1.165) is 41.6 Å². The van der Waals surface area contributed by atoms with Crippen LogP contribution in [0.15, 0.2) is 30.6 Å². The van der Waals surface area contributed by atoms with Crippen LogP contribution in [0.4, 0.5) is 5.69 Å². The van der Waals surface area contributed by atoms with Crippen molar-refractivity contribution in [1.82, 2.24) is 10.3 Å². The Balaban J connectivity index is 1.75. The molecule has 2 heterocycles. The second-order valence-corrected chi connectivity index (χ2v) is 7.61. The molecule has 0 saturated heterocycles. The molecule has 6 heteroatoms. The summed E-state index contributed by atoms with van der Waals surface area (Å²) < 4.78 is 0. The minimum atomic E-state index is -0.106. The molecule has 0 saturated carbocycles. The maximum atomic E-state index is 13.1. The van der Waals surface area contributed by atoms with Crippen LogP contribution in [0.5, 0.6) is 0 Å². The molecule has 2 aliphatic rings. The molecule has 2 aromatic rings. The number of carbonyl (C=O) groups excluding carboxylic acids is 2. The molecular formula is C21H22ClN3O2. The highest BCUT2D eigenvalue weighted by Gasteiger charge is 2.37. The summed E-state index contributed by atoms with van der Waals surface area (Å²) in [6.45, 7) is 3.86. The summed E-state index contributed by atoms with van der Waals surface area (Å²) in [5, 5.41) is 3.72. The lowest BCUT2D eigenvalue weighted by atomic mass is 9.87. The first-order valence-corrected chi connectivity index (χ1v) is 9.78. The third kappa shape index (κ3) is 3.00. The lowest BCUT2D eigenvalue weighted by Gasteiger charge is -2.31. The van der Waals surface area contributed by atoms with Crippen LogP contribution in [0.2, 0.25) is 5.02 Å². The number of hydrogen-bond acceptors (Lipinski definition) is 3. The Kier molecular flexibility index (Phi) is 4.64. The van der Waals surface area contributed by atoms with Gasteiger partial charge in [0, 0.05) is 23.2 Å². The zero-order chi connectivity index (χ0) is 19.1. The number of nitrogens with zero attached hydrogens (tertiary/aromatic N) is 2. The second-order valence-electron chi connectivity index (χ2n) is 7.17. The van der Waals surface area contributed by atoms with Gasteiger partial charge in [0.25, 0.3) is 5.91 Å². The molecule has 2 amide bonds. The standard InChI is InChI=1S/C21H22ClN3O2/c1-3-20(26)24-18-6-4-5-14-17(18)10-23-11-19(14)25-12(2)16-9-13(22)7-8-15(16)21(25)27/h7-12,18H,3-6H2,1-2H3,(H,24,26)/t12-,18+/m1/s1. The third-order valence-electron chi connectivity index (χ3n) is 5.58. The average Bonchev–Trinajstić information content (AvgIpc) is 2.91. The largest absolute Gasteiger partial charge is 0.349 e. The summed E-state index contributed by atoms with van der Waals surface area (Å²) in [6, 6.07) is 5.27. The predicted octanol–water partition coefficient (Wildman–Crippen LogP) is 4.36. The Morgan fingerprint density at radius 1 is 1.33 bits per heavy atom. The number of halogens is 1. The van der Waals surface area contributed by atoms with Gasteiger partial charge in [-0.3, -0.25) is 19.5 Å². The van der Waals surface area contributed by atoms with Gasteiger partial charge < -0.3 is 5.32 Å². The molecule has 1 aromatic carbocycles. The van der Waals surface area contributed by atoms with Gasteiger partial charge in [-0.1, -0.05) is 18.5 Å². The molecule has 1 aliphatic heterocycles. The van der Waals surface area contributed by atoms with Crippen LogP contribution in [0.25, 0.3) is 0 Å². The highest BCUT2D eigenvalue weighted by atomic mass is 35.5. The van der Waals surface area contributed by atoms with Crippen molar-refractivity contribution in [1.29, 1.82) is 0 Å². The zero-order valence-electron chi connectivity index (χ0n) is 15.5. The molecule has 0 radical (unpaired) electrons. The first-order valence-electron chi connectivity index (χ1n) is 9.40. The van der Waals surface area contributed by atoms with Gasteiger partial charge in [0.15, 0.2) is 0 Å². The average molecular weight is 384 g/mol. The molecule has 0 fully saturated rings. The topological polar surface area (TPSA) is 62.3 Å². The number of carbonyl (C=O) groups is 2. The summed E-state index contributed by atoms with van der Waals surface area (Å²) in [6.07, 6.45) is 6.78. The number of benzene rings is 1. The monoisotopic (exact) mass is 383 g/mol. The maximum absolute atomic E-state index is 13.1. The lowest BCUT2D eigenvalue weighted by molar-refractivity contribution is -0.121. The van der Waals surface area contributed by atoms with Crippen molar-refractivity contribution in [3.63, 3.8) is 0 Å². The Bertz CT molecular complexity index is 928. The molecule has 4 rings (SSSR count). The molecule has 140 valence electrons. The molecule has 1 aromatic heterocycles. The summed E-state index contributed by atoms with van der Waals surface area (Å²) in [7, 11) is 0. The minimum Gasteiger partial charge on any atom is -0.349 e. The van der Waals surface area contributed by atoms with Crippen LogP contribution < -0.4 is 10.2 Å². The van der Waals surface area contributed by atoms with Crippen molar-refractivity contribution in [3.8, 4) is 0 Å². The van der Waals surface area contributed by atoms with Gasteiger partial charge in [-0.05, 0) is 61.1 Å². The van der Waals surface area contributed by atoms with E-state index in [1.54, 1.807) is 18.3 Å². The number of pyridine rings is 1. The second kappa shape index (κ2) is 6.97. The van der Waals surface area contributed by atoms with Crippen molar-refractivity contribution in [2.75, 3.05) is 4.90 Å². The van der Waals surface area contributed by atoms with E-state index in [0.29, 0.717) is 17.0 Å². The summed E-state index contributed by atoms with van der Waals surface area (Å²) in [5.74, 6) is 0.00926. The number of aromatic nitrogens is 1. The Hall–Kier alpha value is -2.40. The molecule has 2 atom stereocenters. The Morgan fingerprint density at radius 2 is 2.15 bits per heavy atom. The normalized spacial score (nSPS) is 21.0. The summed E-state index contributed by atoms with van der Waals surface area (Å²) >= 11 is 6.14. The SMILES string of the molecule is CCC(=O)N[C@H]1CCCc2c1cncc2N1C(=O)c2ccc(Cl)cc2[C@H]1C. The lowest BCUT2D eigenvalue weighted by Crippen LogP contribution is -2.33. The van der Waals surface area contributed by atoms with E-state index in [-0.39, 0.29) is 23.9 Å². The highest BCUT2D eigenvalue weighted by molar-refractivity contribution is 6.31. The molecular weight excluding hydrogens is 362 g/mol. The quantitative estimate of drug-likeness (QED) is 0.856. The number of rotatable bonds is 3. The van der Waals surface area contributed by atoms with Crippen LogP contribution in [0.1, 0.15) is 72.2 Å². The first-order chi connectivity index (χ1) is 13.0. The van der Waals surface area contributed by atoms with Crippen molar-refractivity contribution < 1.29 is 9.59 Å². The Morgan fingerprint density at radius 3 is 2.93 bits per heavy atom. The van der Waals surface area contributed by atoms with Gasteiger partial charge in [0.1, 0.15) is 0 Å². The van der Waals surface area contributed by atoms with Crippen LogP contribution in [0.3, 0.4) is 0 Å². The fourth-order valence-corrected chi connectivity index (χ4v) is 4.37. The van der Waals surface area contributed by atoms with E-state index in [9.17, 15) is 9.59 Å². The number of anilines is 1. The van der Waals surface area contributed by atoms with E-state index in [2.05, 4.69) is 10.3 Å². The maximum Gasteiger partial charge on any atom is 0.259 e. The van der Waals surface area contributed by atoms with Gasteiger partial charge in [-0.15, -0.1) is 0 Å². The molecule has 0 spiro atoms. The first kappa shape index (κ1) is 18.0. The molecule has 1 aliphatic carbocycles. The van der Waals surface area contributed by atoms with Crippen molar-refractivity contribution >= 4 is 29.1 Å². The van der Waals surface area contributed by atoms with Crippen LogP contribution in [-0.2, 0) is 11.2 Å². The highest BCUT2D eigenvalue weighted by Crippen LogP contribution is 2.42. The fraction of sp³-hybridized carbons (Fsp3) is 0.381. The molecule has 5 nitrogen and oxygen atoms in total. The molecule has 0 unspecified atom stereocenters. The predicted molar refractivity (Wildman–Crippen MR) is 105 cm³/mol. The van der Waals surface area contributed by atoms with Gasteiger partial charge in [0.05, 0.1) is 24.0 Å². The Labute approximate surface area is 163 Å². The van der Waals surface area contributed by atoms with Gasteiger partial charge in [0.2, 0.25) is 5.91 Å². The number of nitrogens with one attached hydrogen (secondary N) is 1. The fourth-order valence-electron chi connectivity index (χ4n) is 4.19. The van der Waals surface area contributed by atoms with Crippen molar-refractivity contribution in [2.24, 2.45) is 0 Å². The smallest absolute Gasteiger partial charge is 0.259 e. The third-order valence-corrected chi connectivity index (χ3v) is 5.81. The van der Waals surface area contributed by atoms with Gasteiger partial charge in [-0.2, -0.15) is 0 Å². The van der Waals surface area contributed by atoms with Crippen molar-refractivity contribution in [3.05, 3.63) is 57.9 Å². The number of fused-ring (bicyclic) bond motifs is 2.